The Bertz CT molecular complexity index is 767. The van der Waals surface area contributed by atoms with Crippen LogP contribution in [-0.2, 0) is 13.0 Å². The molecule has 0 amide bonds. The average molecular weight is 370 g/mol. The highest BCUT2D eigenvalue weighted by Crippen LogP contribution is 2.28. The minimum atomic E-state index is 0.363. The maximum Gasteiger partial charge on any atom is 0.191 e. The summed E-state index contributed by atoms with van der Waals surface area (Å²) in [4.78, 5) is 7.11. The normalized spacial score (nSPS) is 15.1. The van der Waals surface area contributed by atoms with Gasteiger partial charge in [-0.15, -0.1) is 0 Å². The van der Waals surface area contributed by atoms with Gasteiger partial charge in [-0.25, -0.2) is 4.99 Å². The van der Waals surface area contributed by atoms with E-state index in [1.807, 2.05) is 6.07 Å². The number of aliphatic imine (C=N–C) groups is 1. The number of hydrogen-bond donors (Lipinski definition) is 2. The summed E-state index contributed by atoms with van der Waals surface area (Å²) < 4.78 is 5.38. The maximum absolute atomic E-state index is 5.38. The van der Waals surface area contributed by atoms with Crippen LogP contribution in [0, 0.1) is 0 Å². The Morgan fingerprint density at radius 1 is 1.26 bits per heavy atom. The SMILES string of the molecule is CCNC(=NCc1cc(C(C)C)no1)NCC(C)N1CCc2ccccc21. The van der Waals surface area contributed by atoms with Crippen LogP contribution >= 0.6 is 0 Å². The number of benzene rings is 1. The molecule has 0 radical (unpaired) electrons. The number of hydrogen-bond acceptors (Lipinski definition) is 4. The lowest BCUT2D eigenvalue weighted by Gasteiger charge is -2.28. The van der Waals surface area contributed by atoms with Gasteiger partial charge in [0.2, 0.25) is 0 Å². The van der Waals surface area contributed by atoms with Crippen LogP contribution in [0.1, 0.15) is 50.6 Å². The number of rotatable bonds is 7. The molecule has 6 nitrogen and oxygen atoms in total. The Morgan fingerprint density at radius 3 is 2.81 bits per heavy atom. The number of para-hydroxylation sites is 1. The molecule has 2 aromatic rings. The van der Waals surface area contributed by atoms with Crippen molar-refractivity contribution in [2.75, 3.05) is 24.5 Å². The van der Waals surface area contributed by atoms with Crippen LogP contribution in [-0.4, -0.2) is 36.8 Å². The van der Waals surface area contributed by atoms with E-state index in [0.29, 0.717) is 18.5 Å². The fourth-order valence-electron chi connectivity index (χ4n) is 3.35. The summed E-state index contributed by atoms with van der Waals surface area (Å²) in [5.41, 5.74) is 3.77. The van der Waals surface area contributed by atoms with Crippen LogP contribution in [0.15, 0.2) is 39.8 Å². The summed E-state index contributed by atoms with van der Waals surface area (Å²) in [6.45, 7) is 11.7. The third-order valence-corrected chi connectivity index (χ3v) is 4.93. The number of nitrogens with zero attached hydrogens (tertiary/aromatic N) is 3. The number of aromatic nitrogens is 1. The molecule has 6 heteroatoms. The molecule has 0 saturated heterocycles. The molecular weight excluding hydrogens is 338 g/mol. The molecule has 3 rings (SSSR count). The van der Waals surface area contributed by atoms with Gasteiger partial charge in [0.05, 0.1) is 5.69 Å². The number of nitrogens with one attached hydrogen (secondary N) is 2. The first-order valence-electron chi connectivity index (χ1n) is 9.90. The van der Waals surface area contributed by atoms with E-state index in [-0.39, 0.29) is 0 Å². The molecule has 146 valence electrons. The standard InChI is InChI=1S/C21H31N5O/c1-5-22-21(24-14-18-12-19(15(2)3)25-27-18)23-13-16(4)26-11-10-17-8-6-7-9-20(17)26/h6-9,12,15-16H,5,10-11,13-14H2,1-4H3,(H2,22,23,24). The Balaban J connectivity index is 1.57. The van der Waals surface area contributed by atoms with Crippen LogP contribution in [0.5, 0.6) is 0 Å². The third-order valence-electron chi connectivity index (χ3n) is 4.93. The van der Waals surface area contributed by atoms with Gasteiger partial charge in [0.1, 0.15) is 6.54 Å². The fraction of sp³-hybridized carbons (Fsp3) is 0.524. The van der Waals surface area contributed by atoms with Crippen molar-refractivity contribution in [3.05, 3.63) is 47.3 Å². The van der Waals surface area contributed by atoms with Crippen LogP contribution in [0.3, 0.4) is 0 Å². The van der Waals surface area contributed by atoms with Crippen molar-refractivity contribution >= 4 is 11.6 Å². The molecule has 0 fully saturated rings. The van der Waals surface area contributed by atoms with Crippen molar-refractivity contribution in [2.24, 2.45) is 4.99 Å². The van der Waals surface area contributed by atoms with Gasteiger partial charge in [0, 0.05) is 37.4 Å². The second-order valence-electron chi connectivity index (χ2n) is 7.37. The van der Waals surface area contributed by atoms with E-state index in [4.69, 9.17) is 4.52 Å². The predicted molar refractivity (Wildman–Crippen MR) is 110 cm³/mol. The fourth-order valence-corrected chi connectivity index (χ4v) is 3.35. The number of fused-ring (bicyclic) bond motifs is 1. The van der Waals surface area contributed by atoms with Gasteiger partial charge in [0.15, 0.2) is 11.7 Å². The van der Waals surface area contributed by atoms with Crippen molar-refractivity contribution in [1.82, 2.24) is 15.8 Å². The van der Waals surface area contributed by atoms with Crippen molar-refractivity contribution < 1.29 is 4.52 Å². The van der Waals surface area contributed by atoms with E-state index in [1.54, 1.807) is 0 Å². The lowest BCUT2D eigenvalue weighted by Crippen LogP contribution is -2.45. The maximum atomic E-state index is 5.38. The van der Waals surface area contributed by atoms with E-state index < -0.39 is 0 Å². The summed E-state index contributed by atoms with van der Waals surface area (Å²) in [5.74, 6) is 1.96. The minimum Gasteiger partial charge on any atom is -0.366 e. The van der Waals surface area contributed by atoms with E-state index in [9.17, 15) is 0 Å². The first kappa shape index (κ1) is 19.3. The molecule has 1 aromatic carbocycles. The molecule has 1 atom stereocenters. The Morgan fingerprint density at radius 2 is 2.07 bits per heavy atom. The molecule has 0 spiro atoms. The van der Waals surface area contributed by atoms with E-state index in [2.05, 4.69) is 77.6 Å². The van der Waals surface area contributed by atoms with Crippen LogP contribution in [0.25, 0.3) is 0 Å². The topological polar surface area (TPSA) is 65.7 Å². The predicted octanol–water partition coefficient (Wildman–Crippen LogP) is 3.30. The van der Waals surface area contributed by atoms with Gasteiger partial charge >= 0.3 is 0 Å². The van der Waals surface area contributed by atoms with E-state index in [0.717, 1.165) is 43.5 Å². The molecule has 0 bridgehead atoms. The first-order valence-corrected chi connectivity index (χ1v) is 9.90. The van der Waals surface area contributed by atoms with Crippen molar-refractivity contribution in [3.8, 4) is 0 Å². The molecule has 1 aliphatic heterocycles. The molecule has 1 unspecified atom stereocenters. The lowest BCUT2D eigenvalue weighted by molar-refractivity contribution is 0.376. The smallest absolute Gasteiger partial charge is 0.191 e. The second-order valence-corrected chi connectivity index (χ2v) is 7.37. The highest BCUT2D eigenvalue weighted by Gasteiger charge is 2.22. The molecule has 0 aliphatic carbocycles. The lowest BCUT2D eigenvalue weighted by atomic mass is 10.1. The molecule has 0 saturated carbocycles. The van der Waals surface area contributed by atoms with Gasteiger partial charge < -0.3 is 20.1 Å². The highest BCUT2D eigenvalue weighted by molar-refractivity contribution is 5.79. The molecule has 1 aliphatic rings. The van der Waals surface area contributed by atoms with Crippen LogP contribution < -0.4 is 15.5 Å². The first-order chi connectivity index (χ1) is 13.1. The summed E-state index contributed by atoms with van der Waals surface area (Å²) in [6, 6.07) is 11.1. The van der Waals surface area contributed by atoms with Gasteiger partial charge in [-0.1, -0.05) is 37.2 Å². The molecule has 2 heterocycles. The van der Waals surface area contributed by atoms with E-state index in [1.165, 1.54) is 11.3 Å². The van der Waals surface area contributed by atoms with Crippen LogP contribution in [0.2, 0.25) is 0 Å². The summed E-state index contributed by atoms with van der Waals surface area (Å²) in [5, 5.41) is 10.9. The minimum absolute atomic E-state index is 0.363. The highest BCUT2D eigenvalue weighted by atomic mass is 16.5. The number of anilines is 1. The van der Waals surface area contributed by atoms with Gasteiger partial charge in [0.25, 0.3) is 0 Å². The van der Waals surface area contributed by atoms with Gasteiger partial charge in [-0.2, -0.15) is 0 Å². The zero-order valence-corrected chi connectivity index (χ0v) is 16.8. The monoisotopic (exact) mass is 369 g/mol. The largest absolute Gasteiger partial charge is 0.366 e. The van der Waals surface area contributed by atoms with Gasteiger partial charge in [-0.05, 0) is 37.8 Å². The molecule has 2 N–H and O–H groups in total. The van der Waals surface area contributed by atoms with Gasteiger partial charge in [-0.3, -0.25) is 0 Å². The summed E-state index contributed by atoms with van der Waals surface area (Å²) >= 11 is 0. The van der Waals surface area contributed by atoms with Crippen LogP contribution in [0.4, 0.5) is 5.69 Å². The molecule has 27 heavy (non-hydrogen) atoms. The van der Waals surface area contributed by atoms with Crippen molar-refractivity contribution in [2.45, 2.75) is 52.6 Å². The Hall–Kier alpha value is -2.50. The Labute approximate surface area is 162 Å². The van der Waals surface area contributed by atoms with E-state index >= 15 is 0 Å². The third kappa shape index (κ3) is 4.81. The quantitative estimate of drug-likeness (QED) is 0.579. The zero-order chi connectivity index (χ0) is 19.2. The Kier molecular flexibility index (Phi) is 6.37. The zero-order valence-electron chi connectivity index (χ0n) is 16.8. The summed E-state index contributed by atoms with van der Waals surface area (Å²) in [7, 11) is 0. The molecule has 1 aromatic heterocycles. The van der Waals surface area contributed by atoms with Crippen molar-refractivity contribution in [3.63, 3.8) is 0 Å². The van der Waals surface area contributed by atoms with Crippen molar-refractivity contribution in [1.29, 1.82) is 0 Å². The molecular formula is C21H31N5O. The average Bonchev–Trinajstić information content (AvgIpc) is 3.30. The second kappa shape index (κ2) is 8.93. The number of guanidine groups is 1. The summed E-state index contributed by atoms with van der Waals surface area (Å²) in [6.07, 6.45) is 1.12.